The smallest absolute Gasteiger partial charge is 0.231 e. The first-order valence-corrected chi connectivity index (χ1v) is 7.83. The minimum absolute atomic E-state index is 0.241. The van der Waals surface area contributed by atoms with E-state index < -0.39 is 0 Å². The Morgan fingerprint density at radius 1 is 1.23 bits per heavy atom. The van der Waals surface area contributed by atoms with Crippen molar-refractivity contribution in [1.82, 2.24) is 0 Å². The Morgan fingerprint density at radius 3 is 2.73 bits per heavy atom. The van der Waals surface area contributed by atoms with Gasteiger partial charge in [-0.05, 0) is 53.5 Å². The second-order valence-corrected chi connectivity index (χ2v) is 5.74. The van der Waals surface area contributed by atoms with Gasteiger partial charge in [-0.3, -0.25) is 4.99 Å². The van der Waals surface area contributed by atoms with E-state index in [-0.39, 0.29) is 6.79 Å². The van der Waals surface area contributed by atoms with Gasteiger partial charge in [-0.25, -0.2) is 0 Å². The molecule has 0 aromatic heterocycles. The van der Waals surface area contributed by atoms with Crippen molar-refractivity contribution in [2.75, 3.05) is 13.4 Å². The van der Waals surface area contributed by atoms with E-state index in [9.17, 15) is 0 Å². The van der Waals surface area contributed by atoms with E-state index in [0.29, 0.717) is 18.1 Å². The first-order chi connectivity index (χ1) is 10.7. The van der Waals surface area contributed by atoms with Gasteiger partial charge in [-0.1, -0.05) is 6.07 Å². The molecule has 0 radical (unpaired) electrons. The fourth-order valence-electron chi connectivity index (χ4n) is 2.18. The zero-order valence-corrected chi connectivity index (χ0v) is 14.0. The first kappa shape index (κ1) is 14.9. The van der Waals surface area contributed by atoms with Gasteiger partial charge in [0.2, 0.25) is 6.79 Å². The van der Waals surface area contributed by atoms with Crippen LogP contribution in [0.5, 0.6) is 17.2 Å². The van der Waals surface area contributed by atoms with Crippen molar-refractivity contribution < 1.29 is 14.2 Å². The molecule has 22 heavy (non-hydrogen) atoms. The number of halogens is 1. The summed E-state index contributed by atoms with van der Waals surface area (Å²) in [4.78, 5) is 4.54. The van der Waals surface area contributed by atoms with E-state index in [4.69, 9.17) is 14.2 Å². The van der Waals surface area contributed by atoms with Crippen LogP contribution in [0.1, 0.15) is 18.1 Å². The third-order valence-corrected chi connectivity index (χ3v) is 3.89. The van der Waals surface area contributed by atoms with Crippen molar-refractivity contribution in [2.45, 2.75) is 13.8 Å². The topological polar surface area (TPSA) is 40.0 Å². The van der Waals surface area contributed by atoms with E-state index in [1.807, 2.05) is 44.2 Å². The summed E-state index contributed by atoms with van der Waals surface area (Å²) in [6, 6.07) is 9.77. The summed E-state index contributed by atoms with van der Waals surface area (Å²) in [5, 5.41) is 0. The minimum Gasteiger partial charge on any atom is -0.493 e. The van der Waals surface area contributed by atoms with Gasteiger partial charge in [0.05, 0.1) is 12.3 Å². The SMILES string of the molecule is CCOc1cc2c(cc1C=Nc1ccc(C)cc1Br)OCO2. The van der Waals surface area contributed by atoms with Crippen molar-refractivity contribution in [3.8, 4) is 17.2 Å². The standard InChI is InChI=1S/C17H16BrNO3/c1-3-20-15-8-17-16(21-10-22-17)7-12(15)9-19-14-5-4-11(2)6-13(14)18/h4-9H,3,10H2,1-2H3. The number of rotatable bonds is 4. The lowest BCUT2D eigenvalue weighted by atomic mass is 10.2. The molecular weight excluding hydrogens is 346 g/mol. The summed E-state index contributed by atoms with van der Waals surface area (Å²) in [6.07, 6.45) is 1.78. The third-order valence-electron chi connectivity index (χ3n) is 3.25. The molecule has 114 valence electrons. The Hall–Kier alpha value is -2.01. The predicted octanol–water partition coefficient (Wildman–Crippen LogP) is 4.64. The van der Waals surface area contributed by atoms with Crippen molar-refractivity contribution in [2.24, 2.45) is 4.99 Å². The molecule has 0 fully saturated rings. The van der Waals surface area contributed by atoms with E-state index in [0.717, 1.165) is 21.5 Å². The van der Waals surface area contributed by atoms with Crippen molar-refractivity contribution in [3.05, 3.63) is 45.9 Å². The Balaban J connectivity index is 1.95. The molecule has 1 aliphatic heterocycles. The van der Waals surface area contributed by atoms with Crippen LogP contribution in [-0.2, 0) is 0 Å². The van der Waals surface area contributed by atoms with Crippen LogP contribution in [0.15, 0.2) is 39.8 Å². The molecule has 0 N–H and O–H groups in total. The average Bonchev–Trinajstić information content (AvgIpc) is 2.93. The average molecular weight is 362 g/mol. The predicted molar refractivity (Wildman–Crippen MR) is 89.9 cm³/mol. The molecule has 1 heterocycles. The van der Waals surface area contributed by atoms with Gasteiger partial charge >= 0.3 is 0 Å². The van der Waals surface area contributed by atoms with Gasteiger partial charge in [0.15, 0.2) is 11.5 Å². The van der Waals surface area contributed by atoms with Gasteiger partial charge in [-0.15, -0.1) is 0 Å². The Morgan fingerprint density at radius 2 is 2.00 bits per heavy atom. The number of hydrogen-bond donors (Lipinski definition) is 0. The molecule has 0 spiro atoms. The summed E-state index contributed by atoms with van der Waals surface area (Å²) in [5.74, 6) is 2.16. The lowest BCUT2D eigenvalue weighted by molar-refractivity contribution is 0.174. The van der Waals surface area contributed by atoms with Crippen LogP contribution in [0.3, 0.4) is 0 Å². The Kier molecular flexibility index (Phi) is 4.34. The van der Waals surface area contributed by atoms with Gasteiger partial charge in [0, 0.05) is 22.3 Å². The lowest BCUT2D eigenvalue weighted by Gasteiger charge is -2.08. The van der Waals surface area contributed by atoms with E-state index >= 15 is 0 Å². The molecule has 2 aromatic carbocycles. The number of aryl methyl sites for hydroxylation is 1. The Bertz CT molecular complexity index is 728. The third kappa shape index (κ3) is 3.09. The van der Waals surface area contributed by atoms with Crippen LogP contribution < -0.4 is 14.2 Å². The van der Waals surface area contributed by atoms with Crippen LogP contribution in [0.2, 0.25) is 0 Å². The molecular formula is C17H16BrNO3. The van der Waals surface area contributed by atoms with E-state index in [1.54, 1.807) is 6.21 Å². The van der Waals surface area contributed by atoms with Crippen LogP contribution in [0.4, 0.5) is 5.69 Å². The number of nitrogens with zero attached hydrogens (tertiary/aromatic N) is 1. The van der Waals surface area contributed by atoms with Crippen LogP contribution in [-0.4, -0.2) is 19.6 Å². The maximum Gasteiger partial charge on any atom is 0.231 e. The molecule has 3 rings (SSSR count). The van der Waals surface area contributed by atoms with Crippen molar-refractivity contribution >= 4 is 27.8 Å². The molecule has 0 unspecified atom stereocenters. The lowest BCUT2D eigenvalue weighted by Crippen LogP contribution is -1.96. The fourth-order valence-corrected chi connectivity index (χ4v) is 2.77. The molecule has 2 aromatic rings. The van der Waals surface area contributed by atoms with Crippen LogP contribution in [0, 0.1) is 6.92 Å². The summed E-state index contributed by atoms with van der Waals surface area (Å²) in [5.41, 5.74) is 2.91. The molecule has 0 bridgehead atoms. The number of hydrogen-bond acceptors (Lipinski definition) is 4. The monoisotopic (exact) mass is 361 g/mol. The molecule has 0 atom stereocenters. The molecule has 0 saturated heterocycles. The van der Waals surface area contributed by atoms with Crippen LogP contribution in [0.25, 0.3) is 0 Å². The summed E-state index contributed by atoms with van der Waals surface area (Å²) >= 11 is 3.53. The summed E-state index contributed by atoms with van der Waals surface area (Å²) in [6.45, 7) is 4.81. The van der Waals surface area contributed by atoms with Gasteiger partial charge in [-0.2, -0.15) is 0 Å². The highest BCUT2D eigenvalue weighted by atomic mass is 79.9. The summed E-state index contributed by atoms with van der Waals surface area (Å²) in [7, 11) is 0. The largest absolute Gasteiger partial charge is 0.493 e. The first-order valence-electron chi connectivity index (χ1n) is 7.04. The maximum atomic E-state index is 5.66. The quantitative estimate of drug-likeness (QED) is 0.745. The molecule has 0 amide bonds. The van der Waals surface area contributed by atoms with Crippen molar-refractivity contribution in [3.63, 3.8) is 0 Å². The molecule has 0 saturated carbocycles. The second kappa shape index (κ2) is 6.40. The molecule has 0 aliphatic carbocycles. The van der Waals surface area contributed by atoms with Gasteiger partial charge in [0.25, 0.3) is 0 Å². The minimum atomic E-state index is 0.241. The Labute approximate surface area is 137 Å². The maximum absolute atomic E-state index is 5.66. The van der Waals surface area contributed by atoms with Gasteiger partial charge in [0.1, 0.15) is 5.75 Å². The summed E-state index contributed by atoms with van der Waals surface area (Å²) < 4.78 is 17.4. The molecule has 5 heteroatoms. The molecule has 4 nitrogen and oxygen atoms in total. The van der Waals surface area contributed by atoms with Crippen LogP contribution >= 0.6 is 15.9 Å². The van der Waals surface area contributed by atoms with Crippen molar-refractivity contribution in [1.29, 1.82) is 0 Å². The number of benzene rings is 2. The second-order valence-electron chi connectivity index (χ2n) is 4.89. The number of fused-ring (bicyclic) bond motifs is 1. The normalized spacial score (nSPS) is 12.9. The molecule has 1 aliphatic rings. The highest BCUT2D eigenvalue weighted by Crippen LogP contribution is 2.38. The number of aliphatic imine (C=N–C) groups is 1. The zero-order valence-electron chi connectivity index (χ0n) is 12.4. The highest BCUT2D eigenvalue weighted by molar-refractivity contribution is 9.10. The van der Waals surface area contributed by atoms with E-state index in [2.05, 4.69) is 20.9 Å². The fraction of sp³-hybridized carbons (Fsp3) is 0.235. The van der Waals surface area contributed by atoms with E-state index in [1.165, 1.54) is 5.56 Å². The zero-order chi connectivity index (χ0) is 15.5. The number of ether oxygens (including phenoxy) is 3. The van der Waals surface area contributed by atoms with Gasteiger partial charge < -0.3 is 14.2 Å². The highest BCUT2D eigenvalue weighted by Gasteiger charge is 2.17.